The van der Waals surface area contributed by atoms with Crippen molar-refractivity contribution in [2.45, 2.75) is 26.7 Å². The van der Waals surface area contributed by atoms with E-state index in [-0.39, 0.29) is 6.42 Å². The topological polar surface area (TPSA) is 60.2 Å². The molecule has 1 radical (unpaired) electrons. The largest absolute Gasteiger partial charge is 0.370 e. The van der Waals surface area contributed by atoms with E-state index in [1.807, 2.05) is 13.2 Å². The van der Waals surface area contributed by atoms with Crippen LogP contribution in [0.2, 0.25) is 0 Å². The van der Waals surface area contributed by atoms with Crippen LogP contribution in [0.4, 0.5) is 0 Å². The average Bonchev–Trinajstić information content (AvgIpc) is 1.87. The second kappa shape index (κ2) is 3.34. The lowest BCUT2D eigenvalue weighted by Crippen LogP contribution is -2.25. The Labute approximate surface area is 60.6 Å². The van der Waals surface area contributed by atoms with Gasteiger partial charge in [-0.15, -0.1) is 0 Å². The summed E-state index contributed by atoms with van der Waals surface area (Å²) in [6, 6.07) is 0. The van der Waals surface area contributed by atoms with E-state index in [1.54, 1.807) is 6.92 Å². The molecule has 0 bridgehead atoms. The smallest absolute Gasteiger partial charge is 0.218 e. The van der Waals surface area contributed by atoms with E-state index in [0.29, 0.717) is 6.42 Å². The summed E-state index contributed by atoms with van der Waals surface area (Å²) in [6.45, 7) is 3.50. The van der Waals surface area contributed by atoms with Gasteiger partial charge in [0.2, 0.25) is 12.2 Å². The molecule has 0 aliphatic heterocycles. The Morgan fingerprint density at radius 2 is 2.20 bits per heavy atom. The molecule has 57 valence electrons. The highest BCUT2D eigenvalue weighted by atomic mass is 16.1. The summed E-state index contributed by atoms with van der Waals surface area (Å²) in [7, 11) is 0. The van der Waals surface area contributed by atoms with E-state index >= 15 is 0 Å². The molecule has 0 saturated carbocycles. The number of amides is 1. The number of carbonyl (C=O) groups excluding carboxylic acids is 2. The normalized spacial score (nSPS) is 15.8. The third-order valence-electron chi connectivity index (χ3n) is 1.59. The zero-order valence-corrected chi connectivity index (χ0v) is 6.31. The molecule has 0 aromatic carbocycles. The van der Waals surface area contributed by atoms with E-state index in [2.05, 4.69) is 0 Å². The van der Waals surface area contributed by atoms with Gasteiger partial charge in [0.1, 0.15) is 0 Å². The molecular formula is C7H12NO2. The lowest BCUT2D eigenvalue weighted by Gasteiger charge is -2.16. The molecule has 1 unspecified atom stereocenters. The molecule has 3 heteroatoms. The van der Waals surface area contributed by atoms with Crippen molar-refractivity contribution in [3.8, 4) is 0 Å². The number of rotatable bonds is 4. The van der Waals surface area contributed by atoms with Crippen LogP contribution in [0, 0.1) is 5.41 Å². The van der Waals surface area contributed by atoms with Gasteiger partial charge in [-0.2, -0.15) is 0 Å². The average molecular weight is 142 g/mol. The van der Waals surface area contributed by atoms with Gasteiger partial charge in [0.25, 0.3) is 0 Å². The molecule has 0 aliphatic carbocycles. The van der Waals surface area contributed by atoms with Gasteiger partial charge in [0.05, 0.1) is 0 Å². The molecule has 0 heterocycles. The number of hydrogen-bond donors (Lipinski definition) is 1. The standard InChI is InChI=1S/C7H12NO2/c1-3-7(2,5-9)4-6(8)10/h3-4H2,1-2H3,(H2,8,10). The maximum absolute atomic E-state index is 10.4. The Balaban J connectivity index is 4.05. The zero-order valence-electron chi connectivity index (χ0n) is 6.31. The second-order valence-corrected chi connectivity index (χ2v) is 2.66. The molecule has 0 aromatic rings. The van der Waals surface area contributed by atoms with Gasteiger partial charge >= 0.3 is 0 Å². The van der Waals surface area contributed by atoms with Gasteiger partial charge in [-0.3, -0.25) is 9.59 Å². The van der Waals surface area contributed by atoms with E-state index in [4.69, 9.17) is 5.73 Å². The Morgan fingerprint density at radius 1 is 1.70 bits per heavy atom. The minimum absolute atomic E-state index is 0.0903. The fourth-order valence-electron chi connectivity index (χ4n) is 0.618. The summed E-state index contributed by atoms with van der Waals surface area (Å²) < 4.78 is 0. The predicted octanol–water partition coefficient (Wildman–Crippen LogP) is 0.388. The molecule has 3 nitrogen and oxygen atoms in total. The van der Waals surface area contributed by atoms with Crippen LogP contribution in [0.25, 0.3) is 0 Å². The minimum Gasteiger partial charge on any atom is -0.370 e. The Bertz CT molecular complexity index is 145. The van der Waals surface area contributed by atoms with Crippen LogP contribution in [0.3, 0.4) is 0 Å². The summed E-state index contributed by atoms with van der Waals surface area (Å²) in [6.07, 6.45) is 2.50. The van der Waals surface area contributed by atoms with Gasteiger partial charge in [-0.1, -0.05) is 13.8 Å². The first-order valence-corrected chi connectivity index (χ1v) is 3.21. The van der Waals surface area contributed by atoms with Crippen LogP contribution >= 0.6 is 0 Å². The minimum atomic E-state index is -0.675. The monoisotopic (exact) mass is 142 g/mol. The highest BCUT2D eigenvalue weighted by Gasteiger charge is 2.24. The van der Waals surface area contributed by atoms with Gasteiger partial charge in [-0.05, 0) is 6.42 Å². The Morgan fingerprint density at radius 3 is 2.30 bits per heavy atom. The zero-order chi connectivity index (χ0) is 8.20. The van der Waals surface area contributed by atoms with Crippen LogP contribution in [0.5, 0.6) is 0 Å². The maximum Gasteiger partial charge on any atom is 0.218 e. The first-order valence-electron chi connectivity index (χ1n) is 3.21. The molecule has 0 aromatic heterocycles. The van der Waals surface area contributed by atoms with Crippen molar-refractivity contribution in [3.63, 3.8) is 0 Å². The van der Waals surface area contributed by atoms with Crippen LogP contribution in [0.1, 0.15) is 26.7 Å². The molecular weight excluding hydrogens is 130 g/mol. The summed E-state index contributed by atoms with van der Waals surface area (Å²) >= 11 is 0. The van der Waals surface area contributed by atoms with Crippen molar-refractivity contribution in [2.24, 2.45) is 11.1 Å². The van der Waals surface area contributed by atoms with Gasteiger partial charge < -0.3 is 5.73 Å². The number of carbonyl (C=O) groups is 1. The predicted molar refractivity (Wildman–Crippen MR) is 37.9 cm³/mol. The quantitative estimate of drug-likeness (QED) is 0.617. The van der Waals surface area contributed by atoms with Gasteiger partial charge in [0, 0.05) is 11.8 Å². The number of nitrogens with two attached hydrogens (primary N) is 1. The van der Waals surface area contributed by atoms with Crippen molar-refractivity contribution in [2.75, 3.05) is 0 Å². The second-order valence-electron chi connectivity index (χ2n) is 2.66. The molecule has 1 amide bonds. The fourth-order valence-corrected chi connectivity index (χ4v) is 0.618. The van der Waals surface area contributed by atoms with E-state index in [1.165, 1.54) is 0 Å². The summed E-state index contributed by atoms with van der Waals surface area (Å²) in [5.74, 6) is -0.451. The van der Waals surface area contributed by atoms with Crippen molar-refractivity contribution < 1.29 is 9.59 Å². The van der Waals surface area contributed by atoms with Crippen molar-refractivity contribution in [3.05, 3.63) is 0 Å². The molecule has 2 N–H and O–H groups in total. The third-order valence-corrected chi connectivity index (χ3v) is 1.59. The molecule has 0 spiro atoms. The van der Waals surface area contributed by atoms with Gasteiger partial charge in [0.15, 0.2) is 0 Å². The lowest BCUT2D eigenvalue weighted by molar-refractivity contribution is -0.119. The Hall–Kier alpha value is -0.860. The molecule has 10 heavy (non-hydrogen) atoms. The van der Waals surface area contributed by atoms with Crippen molar-refractivity contribution in [1.82, 2.24) is 0 Å². The fraction of sp³-hybridized carbons (Fsp3) is 0.714. The van der Waals surface area contributed by atoms with E-state index < -0.39 is 11.3 Å². The van der Waals surface area contributed by atoms with E-state index in [0.717, 1.165) is 0 Å². The highest BCUT2D eigenvalue weighted by Crippen LogP contribution is 2.21. The highest BCUT2D eigenvalue weighted by molar-refractivity contribution is 5.79. The van der Waals surface area contributed by atoms with Crippen LogP contribution in [-0.4, -0.2) is 12.2 Å². The maximum atomic E-state index is 10.4. The van der Waals surface area contributed by atoms with Gasteiger partial charge in [-0.25, -0.2) is 0 Å². The van der Waals surface area contributed by atoms with Crippen LogP contribution < -0.4 is 5.73 Å². The number of hydrogen-bond acceptors (Lipinski definition) is 2. The molecule has 0 fully saturated rings. The summed E-state index contributed by atoms with van der Waals surface area (Å²) in [5, 5.41) is 0. The molecule has 0 saturated heterocycles. The summed E-state index contributed by atoms with van der Waals surface area (Å²) in [4.78, 5) is 20.6. The molecule has 1 atom stereocenters. The summed E-state index contributed by atoms with van der Waals surface area (Å²) in [5.41, 5.74) is 4.24. The number of primary amides is 1. The van der Waals surface area contributed by atoms with E-state index in [9.17, 15) is 9.59 Å². The van der Waals surface area contributed by atoms with Crippen molar-refractivity contribution >= 4 is 12.2 Å². The Kier molecular flexibility index (Phi) is 3.06. The van der Waals surface area contributed by atoms with Crippen molar-refractivity contribution in [1.29, 1.82) is 0 Å². The first kappa shape index (κ1) is 9.14. The third kappa shape index (κ3) is 2.62. The lowest BCUT2D eigenvalue weighted by atomic mass is 9.86. The first-order chi connectivity index (χ1) is 4.54. The van der Waals surface area contributed by atoms with Crippen LogP contribution in [-0.2, 0) is 9.59 Å². The molecule has 0 aliphatic rings. The molecule has 0 rings (SSSR count). The SMILES string of the molecule is CCC(C)([C]=O)CC(N)=O. The van der Waals surface area contributed by atoms with Crippen LogP contribution in [0.15, 0.2) is 0 Å².